The number of aryl methyl sites for hydroxylation is 1. The molecule has 1 heterocycles. The Labute approximate surface area is 288 Å². The lowest BCUT2D eigenvalue weighted by atomic mass is 10.0. The molecule has 3 aromatic rings. The fraction of sp³-hybridized carbons (Fsp3) is 0.333. The molecule has 3 aromatic carbocycles. The Bertz CT molecular complexity index is 1700. The Hall–Kier alpha value is -4.21. The summed E-state index contributed by atoms with van der Waals surface area (Å²) in [6, 6.07) is 37.3. The maximum Gasteiger partial charge on any atom is 0.184 e. The molecule has 2 aliphatic rings. The molecule has 5 rings (SSSR count). The molecule has 0 radical (unpaired) electrons. The molecular weight excluding hydrogens is 609 g/mol. The van der Waals surface area contributed by atoms with Crippen LogP contribution < -0.4 is 15.9 Å². The van der Waals surface area contributed by atoms with Crippen molar-refractivity contribution < 1.29 is 9.48 Å². The van der Waals surface area contributed by atoms with E-state index in [2.05, 4.69) is 108 Å². The van der Waals surface area contributed by atoms with Gasteiger partial charge in [0.05, 0.1) is 11.7 Å². The summed E-state index contributed by atoms with van der Waals surface area (Å²) in [7, 11) is -1.82. The van der Waals surface area contributed by atoms with Gasteiger partial charge in [-0.15, -0.1) is 0 Å². The third-order valence-electron chi connectivity index (χ3n) is 9.03. The number of rotatable bonds is 12. The monoisotopic (exact) mass is 660 g/mol. The molecule has 5 nitrogen and oxygen atoms in total. The van der Waals surface area contributed by atoms with Crippen molar-refractivity contribution in [1.82, 2.24) is 4.57 Å². The van der Waals surface area contributed by atoms with E-state index in [9.17, 15) is 10.4 Å². The summed E-state index contributed by atoms with van der Waals surface area (Å²) in [5.41, 5.74) is 2.61. The standard InChI is InChI=1S/C42H51N3O2P/c1-41(2,3)44(46)31-34-26-27-39-35(32-45(47)42(4,5)6)30-43(33-40(34)39)28-18-7-8-19-29-48(36-20-12-9-13-21-36,37-22-14-10-15-23-37)38-24-16-11-17-25-38/h9-17,20-27,30-33H,7-8,18-19,28-29H2,1-6H3/q+1/b44-31-,45-32-. The minimum absolute atomic E-state index is 0.539. The second-order valence-corrected chi connectivity index (χ2v) is 18.4. The lowest BCUT2D eigenvalue weighted by Crippen LogP contribution is -2.33. The second-order valence-electron chi connectivity index (χ2n) is 14.8. The van der Waals surface area contributed by atoms with Gasteiger partial charge in [-0.25, -0.2) is 9.48 Å². The van der Waals surface area contributed by atoms with Gasteiger partial charge in [0.15, 0.2) is 23.5 Å². The summed E-state index contributed by atoms with van der Waals surface area (Å²) in [5.74, 6) is 0. The van der Waals surface area contributed by atoms with E-state index in [4.69, 9.17) is 0 Å². The fourth-order valence-corrected chi connectivity index (χ4v) is 10.6. The van der Waals surface area contributed by atoms with Gasteiger partial charge in [0, 0.05) is 71.6 Å². The number of nitrogens with zero attached hydrogens (tertiary/aromatic N) is 3. The van der Waals surface area contributed by atoms with Gasteiger partial charge in [-0.1, -0.05) is 67.1 Å². The van der Waals surface area contributed by atoms with E-state index >= 15 is 0 Å². The van der Waals surface area contributed by atoms with Crippen LogP contribution in [-0.2, 0) is 6.54 Å². The molecule has 0 bridgehead atoms. The first-order chi connectivity index (χ1) is 22.9. The largest absolute Gasteiger partial charge is 0.623 e. The zero-order chi connectivity index (χ0) is 34.4. The van der Waals surface area contributed by atoms with Crippen molar-refractivity contribution in [3.8, 4) is 11.1 Å². The number of fused-ring (bicyclic) bond motifs is 1. The van der Waals surface area contributed by atoms with E-state index in [1.54, 1.807) is 12.4 Å². The van der Waals surface area contributed by atoms with Crippen LogP contribution in [0.5, 0.6) is 0 Å². The number of benzene rings is 3. The first-order valence-electron chi connectivity index (χ1n) is 17.2. The average Bonchev–Trinajstić information content (AvgIpc) is 3.47. The molecule has 6 heteroatoms. The zero-order valence-corrected chi connectivity index (χ0v) is 30.4. The lowest BCUT2D eigenvalue weighted by molar-refractivity contribution is -0.530. The third kappa shape index (κ3) is 8.08. The van der Waals surface area contributed by atoms with E-state index in [0.717, 1.165) is 70.1 Å². The number of hydrogen-bond donors (Lipinski definition) is 0. The zero-order valence-electron chi connectivity index (χ0n) is 29.5. The van der Waals surface area contributed by atoms with Gasteiger partial charge in [-0.05, 0) is 67.3 Å². The molecule has 1 aliphatic carbocycles. The molecule has 0 aromatic heterocycles. The predicted molar refractivity (Wildman–Crippen MR) is 207 cm³/mol. The highest BCUT2D eigenvalue weighted by Crippen LogP contribution is 2.56. The Kier molecular flexibility index (Phi) is 10.9. The van der Waals surface area contributed by atoms with Crippen LogP contribution in [0.25, 0.3) is 11.1 Å². The van der Waals surface area contributed by atoms with Crippen molar-refractivity contribution in [2.24, 2.45) is 0 Å². The first kappa shape index (κ1) is 35.1. The number of hydroxylamine groups is 2. The van der Waals surface area contributed by atoms with Gasteiger partial charge in [-0.2, -0.15) is 0 Å². The molecule has 250 valence electrons. The van der Waals surface area contributed by atoms with Crippen LogP contribution in [0.2, 0.25) is 0 Å². The highest BCUT2D eigenvalue weighted by atomic mass is 31.2. The van der Waals surface area contributed by atoms with Crippen molar-refractivity contribution in [2.75, 3.05) is 6.16 Å². The Morgan fingerprint density at radius 1 is 0.542 bits per heavy atom. The molecule has 0 amide bonds. The molecule has 48 heavy (non-hydrogen) atoms. The molecule has 0 saturated heterocycles. The van der Waals surface area contributed by atoms with Gasteiger partial charge < -0.3 is 15.0 Å². The van der Waals surface area contributed by atoms with Crippen molar-refractivity contribution in [3.63, 3.8) is 0 Å². The maximum absolute atomic E-state index is 13.0. The topological polar surface area (TPSA) is 57.1 Å². The second kappa shape index (κ2) is 14.9. The van der Waals surface area contributed by atoms with Crippen molar-refractivity contribution in [1.29, 1.82) is 0 Å². The van der Waals surface area contributed by atoms with Gasteiger partial charge in [0.25, 0.3) is 0 Å². The molecule has 0 atom stereocenters. The van der Waals surface area contributed by atoms with E-state index in [-0.39, 0.29) is 0 Å². The number of hydrogen-bond acceptors (Lipinski definition) is 2. The predicted octanol–water partition coefficient (Wildman–Crippen LogP) is 8.60. The van der Waals surface area contributed by atoms with Gasteiger partial charge in [0.1, 0.15) is 23.2 Å². The highest BCUT2D eigenvalue weighted by Gasteiger charge is 2.44. The van der Waals surface area contributed by atoms with Crippen LogP contribution in [0.1, 0.15) is 78.4 Å². The first-order valence-corrected chi connectivity index (χ1v) is 19.2. The minimum atomic E-state index is -1.82. The number of unbranched alkanes of at least 4 members (excludes halogenated alkanes) is 3. The molecule has 1 aliphatic heterocycles. The third-order valence-corrected chi connectivity index (χ3v) is 13.6. The summed E-state index contributed by atoms with van der Waals surface area (Å²) in [6.45, 7) is 12.3. The number of aromatic nitrogens is 1. The Morgan fingerprint density at radius 2 is 1.00 bits per heavy atom. The van der Waals surface area contributed by atoms with Crippen molar-refractivity contribution >= 4 is 35.6 Å². The van der Waals surface area contributed by atoms with E-state index in [0.29, 0.717) is 0 Å². The summed E-state index contributed by atoms with van der Waals surface area (Å²) in [6.07, 6.45) is 13.1. The van der Waals surface area contributed by atoms with Crippen LogP contribution in [-0.4, -0.2) is 43.7 Å². The van der Waals surface area contributed by atoms with E-state index in [1.165, 1.54) is 15.9 Å². The fourth-order valence-electron chi connectivity index (χ4n) is 6.22. The maximum atomic E-state index is 13.0. The molecular formula is C42H51N3O2P+. The van der Waals surface area contributed by atoms with E-state index in [1.807, 2.05) is 53.7 Å². The molecule has 0 unspecified atom stereocenters. The number of pyridine rings is 1. The molecule has 0 fully saturated rings. The lowest BCUT2D eigenvalue weighted by Gasteiger charge is -2.27. The van der Waals surface area contributed by atoms with Crippen LogP contribution in [0.15, 0.2) is 116 Å². The SMILES string of the molecule is CC(C)(C)/[N+]([O-])=C/c1cn(CCCCCC[P+](c2ccccc2)(c2ccccc2)c2ccccc2)cc2c(/C=[N+](\[O-])C(C)(C)C)ccc1-2. The van der Waals surface area contributed by atoms with Crippen molar-refractivity contribution in [3.05, 3.63) is 137 Å². The van der Waals surface area contributed by atoms with Crippen LogP contribution in [0, 0.1) is 10.4 Å². The van der Waals surface area contributed by atoms with Crippen molar-refractivity contribution in [2.45, 2.75) is 84.8 Å². The van der Waals surface area contributed by atoms with Gasteiger partial charge in [-0.3, -0.25) is 0 Å². The molecule has 0 N–H and O–H groups in total. The Morgan fingerprint density at radius 3 is 1.48 bits per heavy atom. The average molecular weight is 661 g/mol. The normalized spacial score (nSPS) is 13.3. The smallest absolute Gasteiger partial charge is 0.184 e. The minimum Gasteiger partial charge on any atom is -0.623 e. The van der Waals surface area contributed by atoms with E-state index < -0.39 is 18.3 Å². The van der Waals surface area contributed by atoms with Gasteiger partial charge in [0.2, 0.25) is 0 Å². The molecule has 0 spiro atoms. The summed E-state index contributed by atoms with van der Waals surface area (Å²) in [4.78, 5) is 0. The molecule has 0 saturated carbocycles. The van der Waals surface area contributed by atoms with Crippen LogP contribution in [0.3, 0.4) is 0 Å². The highest BCUT2D eigenvalue weighted by molar-refractivity contribution is 7.95. The Balaban J connectivity index is 1.36. The summed E-state index contributed by atoms with van der Waals surface area (Å²) < 4.78 is 4.24. The van der Waals surface area contributed by atoms with Gasteiger partial charge >= 0.3 is 0 Å². The summed E-state index contributed by atoms with van der Waals surface area (Å²) in [5, 5.41) is 30.2. The summed E-state index contributed by atoms with van der Waals surface area (Å²) >= 11 is 0. The van der Waals surface area contributed by atoms with Crippen LogP contribution in [0.4, 0.5) is 0 Å². The quantitative estimate of drug-likeness (QED) is 0.0336. The van der Waals surface area contributed by atoms with Crippen LogP contribution >= 0.6 is 7.26 Å².